The van der Waals surface area contributed by atoms with Crippen molar-refractivity contribution in [3.8, 4) is 0 Å². The van der Waals surface area contributed by atoms with Crippen LogP contribution in [-0.2, 0) is 17.8 Å². The molecule has 0 spiro atoms. The van der Waals surface area contributed by atoms with Crippen molar-refractivity contribution in [2.24, 2.45) is 5.92 Å². The van der Waals surface area contributed by atoms with E-state index in [9.17, 15) is 0 Å². The maximum absolute atomic E-state index is 5.51. The Labute approximate surface area is 103 Å². The molecule has 0 aromatic carbocycles. The van der Waals surface area contributed by atoms with Gasteiger partial charge in [0.1, 0.15) is 0 Å². The number of aromatic nitrogens is 3. The van der Waals surface area contributed by atoms with E-state index in [-0.39, 0.29) is 0 Å². The van der Waals surface area contributed by atoms with Crippen molar-refractivity contribution in [2.45, 2.75) is 45.8 Å². The minimum atomic E-state index is 0.587. The number of nitrogens with one attached hydrogen (secondary N) is 1. The zero-order valence-electron chi connectivity index (χ0n) is 10.7. The molecule has 1 fully saturated rings. The summed E-state index contributed by atoms with van der Waals surface area (Å²) in [5.74, 6) is 0.587. The van der Waals surface area contributed by atoms with Gasteiger partial charge in [0.15, 0.2) is 0 Å². The molecule has 0 radical (unpaired) electrons. The van der Waals surface area contributed by atoms with Crippen LogP contribution in [0.25, 0.3) is 0 Å². The second-order valence-corrected chi connectivity index (χ2v) is 5.10. The summed E-state index contributed by atoms with van der Waals surface area (Å²) in [6.45, 7) is 7.43. The SMILES string of the molecule is CC(C)COCCn1cc(CNC2CC2)nn1. The predicted octanol–water partition coefficient (Wildman–Crippen LogP) is 1.20. The van der Waals surface area contributed by atoms with E-state index in [4.69, 9.17) is 4.74 Å². The predicted molar refractivity (Wildman–Crippen MR) is 65.5 cm³/mol. The second kappa shape index (κ2) is 6.12. The van der Waals surface area contributed by atoms with E-state index in [1.165, 1.54) is 12.8 Å². The van der Waals surface area contributed by atoms with Crippen molar-refractivity contribution in [1.82, 2.24) is 20.3 Å². The van der Waals surface area contributed by atoms with Crippen molar-refractivity contribution in [2.75, 3.05) is 13.2 Å². The van der Waals surface area contributed by atoms with Gasteiger partial charge in [0.05, 0.1) is 18.8 Å². The molecule has 1 saturated carbocycles. The van der Waals surface area contributed by atoms with Crippen LogP contribution in [0, 0.1) is 5.92 Å². The largest absolute Gasteiger partial charge is 0.379 e. The smallest absolute Gasteiger partial charge is 0.0964 e. The molecule has 0 unspecified atom stereocenters. The number of nitrogens with zero attached hydrogens (tertiary/aromatic N) is 3. The van der Waals surface area contributed by atoms with Gasteiger partial charge in [-0.3, -0.25) is 0 Å². The molecule has 5 heteroatoms. The molecule has 1 aliphatic carbocycles. The minimum absolute atomic E-state index is 0.587. The van der Waals surface area contributed by atoms with Crippen LogP contribution in [0.3, 0.4) is 0 Å². The zero-order valence-corrected chi connectivity index (χ0v) is 10.7. The Morgan fingerprint density at radius 1 is 1.53 bits per heavy atom. The second-order valence-electron chi connectivity index (χ2n) is 5.10. The van der Waals surface area contributed by atoms with Crippen LogP contribution < -0.4 is 5.32 Å². The lowest BCUT2D eigenvalue weighted by Gasteiger charge is -2.05. The Hall–Kier alpha value is -0.940. The lowest BCUT2D eigenvalue weighted by Crippen LogP contribution is -2.15. The van der Waals surface area contributed by atoms with E-state index in [0.29, 0.717) is 12.5 Å². The summed E-state index contributed by atoms with van der Waals surface area (Å²) in [5, 5.41) is 11.6. The highest BCUT2D eigenvalue weighted by Gasteiger charge is 2.20. The van der Waals surface area contributed by atoms with Crippen molar-refractivity contribution >= 4 is 0 Å². The molecule has 0 atom stereocenters. The first-order valence-corrected chi connectivity index (χ1v) is 6.44. The molecule has 1 aromatic rings. The maximum atomic E-state index is 5.51. The van der Waals surface area contributed by atoms with Crippen LogP contribution in [-0.4, -0.2) is 34.2 Å². The van der Waals surface area contributed by atoms with E-state index < -0.39 is 0 Å². The molecule has 1 aliphatic rings. The molecule has 96 valence electrons. The summed E-state index contributed by atoms with van der Waals surface area (Å²) in [5.41, 5.74) is 1.01. The average molecular weight is 238 g/mol. The molecule has 1 heterocycles. The Morgan fingerprint density at radius 3 is 3.06 bits per heavy atom. The first-order chi connectivity index (χ1) is 8.24. The lowest BCUT2D eigenvalue weighted by molar-refractivity contribution is 0.101. The lowest BCUT2D eigenvalue weighted by atomic mass is 10.2. The van der Waals surface area contributed by atoms with Crippen LogP contribution in [0.15, 0.2) is 6.20 Å². The zero-order chi connectivity index (χ0) is 12.1. The van der Waals surface area contributed by atoms with Crippen LogP contribution in [0.5, 0.6) is 0 Å². The van der Waals surface area contributed by atoms with E-state index in [2.05, 4.69) is 29.5 Å². The van der Waals surface area contributed by atoms with Crippen molar-refractivity contribution < 1.29 is 4.74 Å². The van der Waals surface area contributed by atoms with E-state index >= 15 is 0 Å². The quantitative estimate of drug-likeness (QED) is 0.691. The van der Waals surface area contributed by atoms with Crippen molar-refractivity contribution in [1.29, 1.82) is 0 Å². The van der Waals surface area contributed by atoms with Crippen LogP contribution in [0.2, 0.25) is 0 Å². The average Bonchev–Trinajstić information content (AvgIpc) is 3.01. The summed E-state index contributed by atoms with van der Waals surface area (Å²) in [4.78, 5) is 0. The molecule has 2 rings (SSSR count). The fourth-order valence-electron chi connectivity index (χ4n) is 1.54. The monoisotopic (exact) mass is 238 g/mol. The highest BCUT2D eigenvalue weighted by Crippen LogP contribution is 2.18. The molecule has 0 saturated heterocycles. The van der Waals surface area contributed by atoms with Gasteiger partial charge in [-0.1, -0.05) is 19.1 Å². The fourth-order valence-corrected chi connectivity index (χ4v) is 1.54. The molecule has 1 N–H and O–H groups in total. The number of hydrogen-bond acceptors (Lipinski definition) is 4. The van der Waals surface area contributed by atoms with Gasteiger partial charge in [-0.15, -0.1) is 5.10 Å². The van der Waals surface area contributed by atoms with Gasteiger partial charge < -0.3 is 10.1 Å². The Morgan fingerprint density at radius 2 is 2.35 bits per heavy atom. The summed E-state index contributed by atoms with van der Waals surface area (Å²) in [6.07, 6.45) is 4.60. The summed E-state index contributed by atoms with van der Waals surface area (Å²) >= 11 is 0. The molecule has 0 aliphatic heterocycles. The normalized spacial score (nSPS) is 15.7. The molecule has 1 aromatic heterocycles. The third-order valence-corrected chi connectivity index (χ3v) is 2.65. The highest BCUT2D eigenvalue weighted by atomic mass is 16.5. The topological polar surface area (TPSA) is 52.0 Å². The standard InChI is InChI=1S/C12H22N4O/c1-10(2)9-17-6-5-16-8-12(14-15-16)7-13-11-3-4-11/h8,10-11,13H,3-7,9H2,1-2H3. The number of rotatable bonds is 8. The van der Waals surface area contributed by atoms with E-state index in [1.807, 2.05) is 10.9 Å². The van der Waals surface area contributed by atoms with Crippen LogP contribution >= 0.6 is 0 Å². The number of hydrogen-bond donors (Lipinski definition) is 1. The van der Waals surface area contributed by atoms with Gasteiger partial charge in [-0.25, -0.2) is 4.68 Å². The van der Waals surface area contributed by atoms with Crippen LogP contribution in [0.1, 0.15) is 32.4 Å². The van der Waals surface area contributed by atoms with E-state index in [1.54, 1.807) is 0 Å². The van der Waals surface area contributed by atoms with Gasteiger partial charge in [0.25, 0.3) is 0 Å². The van der Waals surface area contributed by atoms with Gasteiger partial charge in [-0.2, -0.15) is 0 Å². The first-order valence-electron chi connectivity index (χ1n) is 6.44. The van der Waals surface area contributed by atoms with Crippen LogP contribution in [0.4, 0.5) is 0 Å². The molecule has 0 bridgehead atoms. The third kappa shape index (κ3) is 4.83. The third-order valence-electron chi connectivity index (χ3n) is 2.65. The van der Waals surface area contributed by atoms with Gasteiger partial charge >= 0.3 is 0 Å². The summed E-state index contributed by atoms with van der Waals surface area (Å²) in [7, 11) is 0. The highest BCUT2D eigenvalue weighted by molar-refractivity contribution is 4.94. The van der Waals surface area contributed by atoms with Gasteiger partial charge in [0.2, 0.25) is 0 Å². The van der Waals surface area contributed by atoms with E-state index in [0.717, 1.165) is 31.4 Å². The summed E-state index contributed by atoms with van der Waals surface area (Å²) < 4.78 is 7.36. The van der Waals surface area contributed by atoms with Gasteiger partial charge in [-0.05, 0) is 18.8 Å². The molecule has 17 heavy (non-hydrogen) atoms. The Balaban J connectivity index is 1.62. The maximum Gasteiger partial charge on any atom is 0.0964 e. The molecule has 0 amide bonds. The Bertz CT molecular complexity index is 333. The van der Waals surface area contributed by atoms with Crippen molar-refractivity contribution in [3.05, 3.63) is 11.9 Å². The first kappa shape index (κ1) is 12.5. The molecular formula is C12H22N4O. The molecule has 5 nitrogen and oxygen atoms in total. The number of ether oxygens (including phenoxy) is 1. The van der Waals surface area contributed by atoms with Gasteiger partial charge in [0, 0.05) is 25.4 Å². The Kier molecular flexibility index (Phi) is 4.50. The van der Waals surface area contributed by atoms with Crippen molar-refractivity contribution in [3.63, 3.8) is 0 Å². The fraction of sp³-hybridized carbons (Fsp3) is 0.833. The minimum Gasteiger partial charge on any atom is -0.379 e. The molecular weight excluding hydrogens is 216 g/mol. The summed E-state index contributed by atoms with van der Waals surface area (Å²) in [6, 6.07) is 0.717.